The molecule has 2 nitrogen and oxygen atoms in total. The van der Waals surface area contributed by atoms with Crippen molar-refractivity contribution >= 4 is 5.78 Å². The first-order chi connectivity index (χ1) is 11.5. The molecule has 0 fully saturated rings. The average molecular weight is 370 g/mol. The van der Waals surface area contributed by atoms with Gasteiger partial charge in [0.2, 0.25) is 11.6 Å². The second-order valence-electron chi connectivity index (χ2n) is 4.76. The van der Waals surface area contributed by atoms with Crippen LogP contribution in [0.2, 0.25) is 0 Å². The summed E-state index contributed by atoms with van der Waals surface area (Å²) in [5.41, 5.74) is -2.94. The van der Waals surface area contributed by atoms with Crippen LogP contribution in [0.4, 0.5) is 35.1 Å². The van der Waals surface area contributed by atoms with E-state index in [4.69, 9.17) is 0 Å². The number of halogens is 8. The van der Waals surface area contributed by atoms with Gasteiger partial charge >= 0.3 is 6.11 Å². The smallest absolute Gasteiger partial charge is 0.422 e. The van der Waals surface area contributed by atoms with Crippen LogP contribution in [0.3, 0.4) is 0 Å². The maximum atomic E-state index is 13.9. The highest BCUT2D eigenvalue weighted by Crippen LogP contribution is 2.37. The molecule has 0 spiro atoms. The zero-order chi connectivity index (χ0) is 19.1. The van der Waals surface area contributed by atoms with E-state index in [1.54, 1.807) is 0 Å². The van der Waals surface area contributed by atoms with Crippen molar-refractivity contribution < 1.29 is 44.7 Å². The van der Waals surface area contributed by atoms with Crippen LogP contribution in [0.1, 0.15) is 22.8 Å². The fourth-order valence-electron chi connectivity index (χ4n) is 1.86. The summed E-state index contributed by atoms with van der Waals surface area (Å²) in [5, 5.41) is 0. The summed E-state index contributed by atoms with van der Waals surface area (Å²) in [6.45, 7) is 0.767. The Labute approximate surface area is 134 Å². The number of ketones is 1. The number of carbonyl (C=O) groups is 1. The zero-order valence-corrected chi connectivity index (χ0v) is 12.1. The lowest BCUT2D eigenvalue weighted by molar-refractivity contribution is -0.190. The summed E-state index contributed by atoms with van der Waals surface area (Å²) in [5.74, 6) is -15.6. The summed E-state index contributed by atoms with van der Waals surface area (Å²) >= 11 is 0. The minimum atomic E-state index is -4.88. The van der Waals surface area contributed by atoms with E-state index in [0.29, 0.717) is 0 Å². The predicted octanol–water partition coefficient (Wildman–Crippen LogP) is 4.85. The van der Waals surface area contributed by atoms with Gasteiger partial charge in [-0.05, 0) is 25.1 Å². The van der Waals surface area contributed by atoms with Crippen LogP contribution >= 0.6 is 0 Å². The molecule has 0 aliphatic carbocycles. The van der Waals surface area contributed by atoms with Crippen molar-refractivity contribution in [3.05, 3.63) is 64.2 Å². The Morgan fingerprint density at radius 3 is 2.04 bits per heavy atom. The average Bonchev–Trinajstić information content (AvgIpc) is 2.52. The van der Waals surface area contributed by atoms with Gasteiger partial charge in [0.05, 0.1) is 5.56 Å². The van der Waals surface area contributed by atoms with Gasteiger partial charge < -0.3 is 4.74 Å². The Hall–Kier alpha value is -2.65. The highest BCUT2D eigenvalue weighted by Gasteiger charge is 2.41. The molecule has 2 rings (SSSR count). The van der Waals surface area contributed by atoms with Crippen molar-refractivity contribution in [1.82, 2.24) is 0 Å². The molecule has 0 saturated heterocycles. The van der Waals surface area contributed by atoms with Crippen molar-refractivity contribution in [3.63, 3.8) is 0 Å². The van der Waals surface area contributed by atoms with E-state index in [9.17, 15) is 39.9 Å². The molecule has 2 aromatic carbocycles. The Morgan fingerprint density at radius 1 is 0.880 bits per heavy atom. The molecule has 0 saturated carbocycles. The first-order valence-electron chi connectivity index (χ1n) is 6.36. The molecule has 0 N–H and O–H groups in total. The van der Waals surface area contributed by atoms with Gasteiger partial charge in [0.1, 0.15) is 5.56 Å². The number of ether oxygens (including phenoxy) is 1. The molecule has 0 aromatic heterocycles. The number of hydrogen-bond acceptors (Lipinski definition) is 2. The van der Waals surface area contributed by atoms with E-state index in [-0.39, 0.29) is 18.2 Å². The van der Waals surface area contributed by atoms with Gasteiger partial charge in [-0.1, -0.05) is 0 Å². The van der Waals surface area contributed by atoms with Crippen molar-refractivity contribution in [2.75, 3.05) is 0 Å². The molecule has 25 heavy (non-hydrogen) atoms. The summed E-state index contributed by atoms with van der Waals surface area (Å²) < 4.78 is 112. The minimum Gasteiger partial charge on any atom is -0.422 e. The fraction of sp³-hybridized carbons (Fsp3) is 0.133. The predicted molar refractivity (Wildman–Crippen MR) is 67.2 cm³/mol. The monoisotopic (exact) mass is 370 g/mol. The van der Waals surface area contributed by atoms with Gasteiger partial charge in [0, 0.05) is 0 Å². The molecule has 0 radical (unpaired) electrons. The van der Waals surface area contributed by atoms with E-state index < -0.39 is 63.7 Å². The lowest BCUT2D eigenvalue weighted by Crippen LogP contribution is -2.26. The first-order valence-corrected chi connectivity index (χ1v) is 6.36. The van der Waals surface area contributed by atoms with Crippen molar-refractivity contribution in [3.8, 4) is 5.75 Å². The highest BCUT2D eigenvalue weighted by molar-refractivity contribution is 5.94. The summed E-state index contributed by atoms with van der Waals surface area (Å²) in [6, 6.07) is 0.328. The number of hydrogen-bond donors (Lipinski definition) is 0. The van der Waals surface area contributed by atoms with Crippen LogP contribution in [-0.4, -0.2) is 5.78 Å². The van der Waals surface area contributed by atoms with E-state index >= 15 is 0 Å². The Morgan fingerprint density at radius 2 is 1.48 bits per heavy atom. The third-order valence-corrected chi connectivity index (χ3v) is 3.07. The molecular formula is C15H6F8O2. The van der Waals surface area contributed by atoms with Crippen LogP contribution in [0.5, 0.6) is 5.75 Å². The van der Waals surface area contributed by atoms with Gasteiger partial charge in [0.25, 0.3) is 0 Å². The summed E-state index contributed by atoms with van der Waals surface area (Å²) in [4.78, 5) is 11.0. The van der Waals surface area contributed by atoms with Gasteiger partial charge in [-0.2, -0.15) is 13.2 Å². The maximum absolute atomic E-state index is 13.9. The van der Waals surface area contributed by atoms with Crippen LogP contribution < -0.4 is 4.74 Å². The quantitative estimate of drug-likeness (QED) is 0.333. The summed E-state index contributed by atoms with van der Waals surface area (Å²) in [6.07, 6.45) is -4.88. The molecule has 10 heteroatoms. The van der Waals surface area contributed by atoms with Crippen LogP contribution in [-0.2, 0) is 6.11 Å². The molecule has 2 aromatic rings. The second-order valence-corrected chi connectivity index (χ2v) is 4.76. The van der Waals surface area contributed by atoms with Crippen molar-refractivity contribution in [1.29, 1.82) is 0 Å². The van der Waals surface area contributed by atoms with E-state index in [1.165, 1.54) is 0 Å². The molecule has 0 amide bonds. The van der Waals surface area contributed by atoms with Gasteiger partial charge in [-0.3, -0.25) is 4.79 Å². The maximum Gasteiger partial charge on any atom is 0.429 e. The number of alkyl halides is 2. The first kappa shape index (κ1) is 18.7. The third kappa shape index (κ3) is 3.28. The van der Waals surface area contributed by atoms with Crippen molar-refractivity contribution in [2.45, 2.75) is 13.0 Å². The fourth-order valence-corrected chi connectivity index (χ4v) is 1.86. The third-order valence-electron chi connectivity index (χ3n) is 3.07. The lowest BCUT2D eigenvalue weighted by atomic mass is 10.1. The molecule has 0 atom stereocenters. The molecule has 0 aliphatic heterocycles. The lowest BCUT2D eigenvalue weighted by Gasteiger charge is -2.20. The van der Waals surface area contributed by atoms with Crippen molar-refractivity contribution in [2.24, 2.45) is 0 Å². The van der Waals surface area contributed by atoms with Crippen LogP contribution in [0.25, 0.3) is 0 Å². The Kier molecular flexibility index (Phi) is 4.74. The Bertz CT molecular complexity index is 863. The van der Waals surface area contributed by atoms with Crippen LogP contribution in [0.15, 0.2) is 18.2 Å². The zero-order valence-electron chi connectivity index (χ0n) is 12.1. The number of benzene rings is 2. The molecule has 0 bridgehead atoms. The van der Waals surface area contributed by atoms with E-state index in [0.717, 1.165) is 6.92 Å². The standard InChI is InChI=1S/C15H6F8O2/c1-5(24)6-4-9(17)14(13(21)10(6)18)25-15(22,23)7-2-3-8(16)12(20)11(7)19/h2-4H,1H3. The summed E-state index contributed by atoms with van der Waals surface area (Å²) in [7, 11) is 0. The number of carbonyl (C=O) groups excluding carboxylic acids is 1. The topological polar surface area (TPSA) is 26.3 Å². The molecular weight excluding hydrogens is 364 g/mol. The molecule has 0 aliphatic rings. The molecule has 0 unspecified atom stereocenters. The number of rotatable bonds is 4. The SMILES string of the molecule is CC(=O)c1cc(F)c(OC(F)(F)c2ccc(F)c(F)c2F)c(F)c1F. The van der Waals surface area contributed by atoms with E-state index in [1.807, 2.05) is 0 Å². The Balaban J connectivity index is 2.54. The highest BCUT2D eigenvalue weighted by atomic mass is 19.3. The number of Topliss-reactive ketones (excluding diaryl/α,β-unsaturated/α-hetero) is 1. The second kappa shape index (κ2) is 6.34. The van der Waals surface area contributed by atoms with Gasteiger partial charge in [-0.15, -0.1) is 0 Å². The minimum absolute atomic E-state index is 0.0872. The van der Waals surface area contributed by atoms with Gasteiger partial charge in [-0.25, -0.2) is 22.0 Å². The van der Waals surface area contributed by atoms with E-state index in [2.05, 4.69) is 4.74 Å². The molecule has 0 heterocycles. The molecule has 134 valence electrons. The normalized spacial score (nSPS) is 11.6. The van der Waals surface area contributed by atoms with Crippen LogP contribution in [0, 0.1) is 34.9 Å². The largest absolute Gasteiger partial charge is 0.429 e. The van der Waals surface area contributed by atoms with Gasteiger partial charge in [0.15, 0.2) is 34.9 Å².